The highest BCUT2D eigenvalue weighted by Gasteiger charge is 2.17. The van der Waals surface area contributed by atoms with E-state index in [-0.39, 0.29) is 11.9 Å². The Morgan fingerprint density at radius 2 is 2.00 bits per heavy atom. The first-order chi connectivity index (χ1) is 9.10. The minimum atomic E-state index is -0.735. The van der Waals surface area contributed by atoms with Crippen molar-refractivity contribution < 1.29 is 4.79 Å². The molecule has 3 rings (SSSR count). The molecule has 0 spiro atoms. The van der Waals surface area contributed by atoms with Crippen molar-refractivity contribution in [3.8, 4) is 0 Å². The second kappa shape index (κ2) is 4.09. The highest BCUT2D eigenvalue weighted by atomic mass is 16.2. The van der Waals surface area contributed by atoms with Gasteiger partial charge in [0.05, 0.1) is 6.42 Å². The number of H-pyrrole nitrogens is 2. The molecule has 2 aromatic rings. The summed E-state index contributed by atoms with van der Waals surface area (Å²) in [7, 11) is 0. The fourth-order valence-electron chi connectivity index (χ4n) is 1.88. The topological polar surface area (TPSA) is 120 Å². The molecule has 4 N–H and O–H groups in total. The molecule has 1 aliphatic heterocycles. The quantitative estimate of drug-likeness (QED) is 0.590. The maximum Gasteiger partial charge on any atom is 0.352 e. The van der Waals surface area contributed by atoms with Gasteiger partial charge in [-0.2, -0.15) is 4.98 Å². The van der Waals surface area contributed by atoms with Crippen molar-refractivity contribution in [1.82, 2.24) is 15.0 Å². The lowest BCUT2D eigenvalue weighted by Gasteiger charge is -2.06. The van der Waals surface area contributed by atoms with Gasteiger partial charge < -0.3 is 10.6 Å². The van der Waals surface area contributed by atoms with Gasteiger partial charge >= 0.3 is 11.4 Å². The van der Waals surface area contributed by atoms with Crippen molar-refractivity contribution in [2.45, 2.75) is 6.42 Å². The van der Waals surface area contributed by atoms with Crippen LogP contribution in [-0.2, 0) is 11.2 Å². The molecule has 0 fully saturated rings. The van der Waals surface area contributed by atoms with Crippen molar-refractivity contribution >= 4 is 23.2 Å². The minimum Gasteiger partial charge on any atom is -0.325 e. The number of carbonyl (C=O) groups is 1. The molecule has 2 heterocycles. The largest absolute Gasteiger partial charge is 0.352 e. The van der Waals surface area contributed by atoms with E-state index < -0.39 is 11.4 Å². The van der Waals surface area contributed by atoms with Gasteiger partial charge in [-0.15, -0.1) is 0 Å². The molecule has 96 valence electrons. The first kappa shape index (κ1) is 11.2. The third-order valence-electron chi connectivity index (χ3n) is 2.66. The van der Waals surface area contributed by atoms with Gasteiger partial charge in [0.25, 0.3) is 0 Å². The van der Waals surface area contributed by atoms with Gasteiger partial charge in [0, 0.05) is 11.4 Å². The number of hydrogen-bond acceptors (Lipinski definition) is 5. The summed E-state index contributed by atoms with van der Waals surface area (Å²) in [5.41, 5.74) is 0.845. The lowest BCUT2D eigenvalue weighted by molar-refractivity contribution is -0.115. The number of nitrogens with one attached hydrogen (secondary N) is 4. The van der Waals surface area contributed by atoms with Gasteiger partial charge in [-0.25, -0.2) is 9.59 Å². The maximum absolute atomic E-state index is 11.2. The molecular formula is C11H9N5O3. The Bertz CT molecular complexity index is 748. The van der Waals surface area contributed by atoms with E-state index >= 15 is 0 Å². The van der Waals surface area contributed by atoms with Gasteiger partial charge in [-0.3, -0.25) is 14.8 Å². The van der Waals surface area contributed by atoms with Gasteiger partial charge in [0.1, 0.15) is 0 Å². The predicted molar refractivity (Wildman–Crippen MR) is 67.5 cm³/mol. The summed E-state index contributed by atoms with van der Waals surface area (Å²) in [5.74, 6) is -0.0205. The molecular weight excluding hydrogens is 250 g/mol. The van der Waals surface area contributed by atoms with Crippen molar-refractivity contribution in [3.63, 3.8) is 0 Å². The monoisotopic (exact) mass is 259 g/mol. The third kappa shape index (κ3) is 2.23. The van der Waals surface area contributed by atoms with E-state index in [1.54, 1.807) is 18.2 Å². The molecule has 0 atom stereocenters. The SMILES string of the molecule is O=C1Cc2ccc(Nc3nc(=O)[nH]c(=O)[nH]3)cc2N1. The third-order valence-corrected chi connectivity index (χ3v) is 2.66. The molecule has 8 heteroatoms. The van der Waals surface area contributed by atoms with Crippen LogP contribution in [0.15, 0.2) is 27.8 Å². The summed E-state index contributed by atoms with van der Waals surface area (Å²) < 4.78 is 0. The normalized spacial score (nSPS) is 12.9. The summed E-state index contributed by atoms with van der Waals surface area (Å²) in [5, 5.41) is 5.50. The second-order valence-corrected chi connectivity index (χ2v) is 4.07. The molecule has 1 amide bonds. The first-order valence-corrected chi connectivity index (χ1v) is 5.50. The van der Waals surface area contributed by atoms with E-state index in [9.17, 15) is 14.4 Å². The van der Waals surface area contributed by atoms with Gasteiger partial charge in [0.2, 0.25) is 11.9 Å². The van der Waals surface area contributed by atoms with Gasteiger partial charge in [-0.05, 0) is 17.7 Å². The number of carbonyl (C=O) groups excluding carboxylic acids is 1. The van der Waals surface area contributed by atoms with E-state index in [0.29, 0.717) is 17.8 Å². The summed E-state index contributed by atoms with van der Waals surface area (Å²) >= 11 is 0. The van der Waals surface area contributed by atoms with Crippen molar-refractivity contribution in [2.75, 3.05) is 10.6 Å². The highest BCUT2D eigenvalue weighted by Crippen LogP contribution is 2.26. The van der Waals surface area contributed by atoms with Crippen LogP contribution in [0.2, 0.25) is 0 Å². The molecule has 0 aliphatic carbocycles. The van der Waals surface area contributed by atoms with Crippen molar-refractivity contribution in [1.29, 1.82) is 0 Å². The predicted octanol–water partition coefficient (Wildman–Crippen LogP) is -0.304. The molecule has 8 nitrogen and oxygen atoms in total. The van der Waals surface area contributed by atoms with Crippen LogP contribution in [0.25, 0.3) is 0 Å². The van der Waals surface area contributed by atoms with Crippen molar-refractivity contribution in [2.24, 2.45) is 0 Å². The number of aromatic amines is 2. The Labute approximate surface area is 105 Å². The number of fused-ring (bicyclic) bond motifs is 1. The number of anilines is 3. The molecule has 0 unspecified atom stereocenters. The molecule has 1 aromatic heterocycles. The van der Waals surface area contributed by atoms with Crippen LogP contribution in [0, 0.1) is 0 Å². The average molecular weight is 259 g/mol. The van der Waals surface area contributed by atoms with E-state index in [2.05, 4.69) is 20.6 Å². The van der Waals surface area contributed by atoms with Crippen LogP contribution in [0.4, 0.5) is 17.3 Å². The smallest absolute Gasteiger partial charge is 0.325 e. The Kier molecular flexibility index (Phi) is 2.41. The molecule has 0 bridgehead atoms. The Morgan fingerprint density at radius 1 is 1.16 bits per heavy atom. The van der Waals surface area contributed by atoms with Gasteiger partial charge in [0.15, 0.2) is 0 Å². The van der Waals surface area contributed by atoms with E-state index in [1.165, 1.54) is 0 Å². The Hall–Kier alpha value is -2.90. The standard InChI is InChI=1S/C11H9N5O3/c17-8-3-5-1-2-6(4-7(5)13-8)12-9-14-10(18)16-11(19)15-9/h1-2,4H,3H2,(H,13,17)(H3,12,14,15,16,18,19). The van der Waals surface area contributed by atoms with Crippen LogP contribution < -0.4 is 22.0 Å². The fourth-order valence-corrected chi connectivity index (χ4v) is 1.88. The summed E-state index contributed by atoms with van der Waals surface area (Å²) in [6, 6.07) is 5.24. The highest BCUT2D eigenvalue weighted by molar-refractivity contribution is 5.99. The minimum absolute atomic E-state index is 0.0398. The van der Waals surface area contributed by atoms with E-state index in [4.69, 9.17) is 0 Å². The Balaban J connectivity index is 1.92. The zero-order chi connectivity index (χ0) is 13.4. The lowest BCUT2D eigenvalue weighted by Crippen LogP contribution is -2.25. The first-order valence-electron chi connectivity index (χ1n) is 5.50. The van der Waals surface area contributed by atoms with Gasteiger partial charge in [-0.1, -0.05) is 6.07 Å². The maximum atomic E-state index is 11.2. The fraction of sp³-hybridized carbons (Fsp3) is 0.0909. The number of benzene rings is 1. The summed E-state index contributed by atoms with van der Waals surface area (Å²) in [6.07, 6.45) is 0.357. The average Bonchev–Trinajstić information content (AvgIpc) is 2.67. The number of amides is 1. The molecule has 1 aromatic carbocycles. The Morgan fingerprint density at radius 3 is 2.79 bits per heavy atom. The summed E-state index contributed by atoms with van der Waals surface area (Å²) in [6.45, 7) is 0. The van der Waals surface area contributed by atoms with Crippen LogP contribution in [0.3, 0.4) is 0 Å². The van der Waals surface area contributed by atoms with Crippen molar-refractivity contribution in [3.05, 3.63) is 44.7 Å². The zero-order valence-electron chi connectivity index (χ0n) is 9.61. The number of rotatable bonds is 2. The molecule has 0 saturated carbocycles. The number of aromatic nitrogens is 3. The zero-order valence-corrected chi connectivity index (χ0v) is 9.61. The van der Waals surface area contributed by atoms with E-state index in [0.717, 1.165) is 5.56 Å². The van der Waals surface area contributed by atoms with Crippen LogP contribution in [-0.4, -0.2) is 20.9 Å². The van der Waals surface area contributed by atoms with E-state index in [1.807, 2.05) is 4.98 Å². The van der Waals surface area contributed by atoms with Crippen LogP contribution >= 0.6 is 0 Å². The number of hydrogen-bond donors (Lipinski definition) is 4. The second-order valence-electron chi connectivity index (χ2n) is 4.07. The molecule has 0 saturated heterocycles. The lowest BCUT2D eigenvalue weighted by atomic mass is 10.1. The van der Waals surface area contributed by atoms with Crippen LogP contribution in [0.1, 0.15) is 5.56 Å². The molecule has 0 radical (unpaired) electrons. The van der Waals surface area contributed by atoms with Crippen LogP contribution in [0.5, 0.6) is 0 Å². The number of nitrogens with zero attached hydrogens (tertiary/aromatic N) is 1. The summed E-state index contributed by atoms with van der Waals surface area (Å²) in [4.78, 5) is 41.2. The molecule has 19 heavy (non-hydrogen) atoms. The molecule has 1 aliphatic rings.